The molecule has 3 aromatic rings. The molecule has 0 radical (unpaired) electrons. The number of carbonyl (C=O) groups is 2. The first-order valence-electron chi connectivity index (χ1n) is 9.47. The molecule has 0 saturated carbocycles. The van der Waals surface area contributed by atoms with Crippen molar-refractivity contribution in [2.75, 3.05) is 11.9 Å². The Balaban J connectivity index is 1.83. The Morgan fingerprint density at radius 3 is 2.40 bits per heavy atom. The molecule has 1 aromatic heterocycles. The van der Waals surface area contributed by atoms with Crippen LogP contribution in [0.2, 0.25) is 0 Å². The molecule has 0 aliphatic heterocycles. The van der Waals surface area contributed by atoms with Crippen molar-refractivity contribution in [3.63, 3.8) is 0 Å². The van der Waals surface area contributed by atoms with Crippen molar-refractivity contribution in [2.24, 2.45) is 0 Å². The normalized spacial score (nSPS) is 11.6. The van der Waals surface area contributed by atoms with E-state index in [0.717, 1.165) is 11.1 Å². The Kier molecular flexibility index (Phi) is 6.84. The second-order valence-electron chi connectivity index (χ2n) is 6.64. The standard InChI is InChI=1S/C23H22FNO4S/c1-4-28-23(27)20-19(16-7-5-14(2)6-8-16)13-30-22(20)25-21(26)15(3)29-18-11-9-17(24)10-12-18/h5-13,15H,4H2,1-3H3,(H,25,26). The van der Waals surface area contributed by atoms with Gasteiger partial charge < -0.3 is 14.8 Å². The lowest BCUT2D eigenvalue weighted by molar-refractivity contribution is -0.122. The zero-order valence-electron chi connectivity index (χ0n) is 16.9. The fourth-order valence-corrected chi connectivity index (χ4v) is 3.75. The molecule has 156 valence electrons. The fraction of sp³-hybridized carbons (Fsp3) is 0.217. The van der Waals surface area contributed by atoms with Crippen LogP contribution in [0.4, 0.5) is 9.39 Å². The van der Waals surface area contributed by atoms with E-state index in [1.54, 1.807) is 13.8 Å². The van der Waals surface area contributed by atoms with Crippen molar-refractivity contribution in [3.8, 4) is 16.9 Å². The van der Waals surface area contributed by atoms with Crippen LogP contribution in [0.1, 0.15) is 29.8 Å². The van der Waals surface area contributed by atoms with E-state index in [0.29, 0.717) is 21.9 Å². The number of anilines is 1. The summed E-state index contributed by atoms with van der Waals surface area (Å²) >= 11 is 1.25. The van der Waals surface area contributed by atoms with E-state index < -0.39 is 18.0 Å². The minimum absolute atomic E-state index is 0.222. The largest absolute Gasteiger partial charge is 0.481 e. The average Bonchev–Trinajstić information content (AvgIpc) is 3.14. The minimum atomic E-state index is -0.851. The van der Waals surface area contributed by atoms with Gasteiger partial charge in [0.15, 0.2) is 6.10 Å². The summed E-state index contributed by atoms with van der Waals surface area (Å²) in [5, 5.41) is 4.97. The van der Waals surface area contributed by atoms with Crippen molar-refractivity contribution >= 4 is 28.2 Å². The van der Waals surface area contributed by atoms with Gasteiger partial charge in [-0.15, -0.1) is 11.3 Å². The monoisotopic (exact) mass is 427 g/mol. The fourth-order valence-electron chi connectivity index (χ4n) is 2.79. The molecular weight excluding hydrogens is 405 g/mol. The summed E-state index contributed by atoms with van der Waals surface area (Å²) in [6.07, 6.45) is -0.851. The highest BCUT2D eigenvalue weighted by atomic mass is 32.1. The molecule has 0 saturated heterocycles. The number of hydrogen-bond acceptors (Lipinski definition) is 5. The van der Waals surface area contributed by atoms with E-state index in [1.807, 2.05) is 36.6 Å². The van der Waals surface area contributed by atoms with E-state index in [-0.39, 0.29) is 12.4 Å². The number of hydrogen-bond donors (Lipinski definition) is 1. The van der Waals surface area contributed by atoms with Crippen molar-refractivity contribution in [1.82, 2.24) is 0 Å². The minimum Gasteiger partial charge on any atom is -0.481 e. The van der Waals surface area contributed by atoms with Gasteiger partial charge in [-0.05, 0) is 50.6 Å². The van der Waals surface area contributed by atoms with Gasteiger partial charge in [-0.3, -0.25) is 4.79 Å². The number of nitrogens with one attached hydrogen (secondary N) is 1. The van der Waals surface area contributed by atoms with Crippen molar-refractivity contribution in [3.05, 3.63) is 70.9 Å². The van der Waals surface area contributed by atoms with Crippen LogP contribution in [-0.4, -0.2) is 24.6 Å². The molecule has 1 amide bonds. The summed E-state index contributed by atoms with van der Waals surface area (Å²) in [7, 11) is 0. The Morgan fingerprint density at radius 1 is 1.10 bits per heavy atom. The maximum Gasteiger partial charge on any atom is 0.341 e. The molecule has 7 heteroatoms. The van der Waals surface area contributed by atoms with Crippen LogP contribution < -0.4 is 10.1 Å². The van der Waals surface area contributed by atoms with Crippen LogP contribution in [-0.2, 0) is 9.53 Å². The van der Waals surface area contributed by atoms with Gasteiger partial charge in [0.2, 0.25) is 0 Å². The summed E-state index contributed by atoms with van der Waals surface area (Å²) < 4.78 is 23.8. The third-order valence-electron chi connectivity index (χ3n) is 4.37. The number of rotatable bonds is 7. The van der Waals surface area contributed by atoms with Crippen LogP contribution in [0.3, 0.4) is 0 Å². The summed E-state index contributed by atoms with van der Waals surface area (Å²) in [4.78, 5) is 25.3. The highest BCUT2D eigenvalue weighted by molar-refractivity contribution is 7.15. The molecule has 0 bridgehead atoms. The molecule has 1 N–H and O–H groups in total. The molecule has 5 nitrogen and oxygen atoms in total. The van der Waals surface area contributed by atoms with E-state index in [4.69, 9.17) is 9.47 Å². The van der Waals surface area contributed by atoms with Gasteiger partial charge in [0, 0.05) is 10.9 Å². The van der Waals surface area contributed by atoms with Crippen molar-refractivity contribution in [1.29, 1.82) is 0 Å². The molecule has 0 spiro atoms. The number of aryl methyl sites for hydroxylation is 1. The Bertz CT molecular complexity index is 1030. The van der Waals surface area contributed by atoms with Gasteiger partial charge in [-0.2, -0.15) is 0 Å². The van der Waals surface area contributed by atoms with E-state index in [1.165, 1.54) is 35.6 Å². The summed E-state index contributed by atoms with van der Waals surface area (Å²) in [6.45, 7) is 5.52. The molecule has 30 heavy (non-hydrogen) atoms. The zero-order chi connectivity index (χ0) is 21.7. The molecule has 0 aliphatic carbocycles. The maximum atomic E-state index is 13.0. The number of esters is 1. The number of amides is 1. The molecule has 1 atom stereocenters. The van der Waals surface area contributed by atoms with Gasteiger partial charge in [-0.25, -0.2) is 9.18 Å². The third-order valence-corrected chi connectivity index (χ3v) is 5.26. The zero-order valence-corrected chi connectivity index (χ0v) is 17.7. The highest BCUT2D eigenvalue weighted by Gasteiger charge is 2.24. The van der Waals surface area contributed by atoms with Crippen molar-refractivity contribution in [2.45, 2.75) is 26.9 Å². The molecule has 1 heterocycles. The first kappa shape index (κ1) is 21.5. The van der Waals surface area contributed by atoms with E-state index in [2.05, 4.69) is 5.32 Å². The average molecular weight is 427 g/mol. The van der Waals surface area contributed by atoms with E-state index in [9.17, 15) is 14.0 Å². The van der Waals surface area contributed by atoms with Gasteiger partial charge in [0.25, 0.3) is 5.91 Å². The topological polar surface area (TPSA) is 64.6 Å². The van der Waals surface area contributed by atoms with Crippen molar-refractivity contribution < 1.29 is 23.5 Å². The molecular formula is C23H22FNO4S. The SMILES string of the molecule is CCOC(=O)c1c(-c2ccc(C)cc2)csc1NC(=O)C(C)Oc1ccc(F)cc1. The lowest BCUT2D eigenvalue weighted by Crippen LogP contribution is -2.30. The first-order chi connectivity index (χ1) is 14.4. The van der Waals surface area contributed by atoms with Crippen LogP contribution in [0.15, 0.2) is 53.9 Å². The quantitative estimate of drug-likeness (QED) is 0.510. The third kappa shape index (κ3) is 5.04. The van der Waals surface area contributed by atoms with Gasteiger partial charge >= 0.3 is 5.97 Å². The van der Waals surface area contributed by atoms with Gasteiger partial charge in [0.05, 0.1) is 6.61 Å². The van der Waals surface area contributed by atoms with Crippen LogP contribution in [0, 0.1) is 12.7 Å². The molecule has 2 aromatic carbocycles. The molecule has 0 aliphatic rings. The summed E-state index contributed by atoms with van der Waals surface area (Å²) in [6, 6.07) is 13.2. The summed E-state index contributed by atoms with van der Waals surface area (Å²) in [5.74, 6) is -0.948. The number of halogens is 1. The lowest BCUT2D eigenvalue weighted by Gasteiger charge is -2.15. The second-order valence-corrected chi connectivity index (χ2v) is 7.52. The molecule has 1 unspecified atom stereocenters. The van der Waals surface area contributed by atoms with Gasteiger partial charge in [0.1, 0.15) is 22.1 Å². The number of thiophene rings is 1. The van der Waals surface area contributed by atoms with Crippen LogP contribution in [0.5, 0.6) is 5.75 Å². The Morgan fingerprint density at radius 2 is 1.77 bits per heavy atom. The van der Waals surface area contributed by atoms with Crippen LogP contribution >= 0.6 is 11.3 Å². The molecule has 3 rings (SSSR count). The Hall–Kier alpha value is -3.19. The predicted octanol–water partition coefficient (Wildman–Crippen LogP) is 5.45. The van der Waals surface area contributed by atoms with Crippen LogP contribution in [0.25, 0.3) is 11.1 Å². The lowest BCUT2D eigenvalue weighted by atomic mass is 10.0. The highest BCUT2D eigenvalue weighted by Crippen LogP contribution is 2.36. The summed E-state index contributed by atoms with van der Waals surface area (Å²) in [5.41, 5.74) is 2.97. The number of benzene rings is 2. The molecule has 0 fully saturated rings. The number of ether oxygens (including phenoxy) is 2. The number of carbonyl (C=O) groups excluding carboxylic acids is 2. The maximum absolute atomic E-state index is 13.0. The predicted molar refractivity (Wildman–Crippen MR) is 116 cm³/mol. The smallest absolute Gasteiger partial charge is 0.341 e. The first-order valence-corrected chi connectivity index (χ1v) is 10.4. The van der Waals surface area contributed by atoms with E-state index >= 15 is 0 Å². The second kappa shape index (κ2) is 9.54. The Labute approximate surface area is 178 Å². The van der Waals surface area contributed by atoms with Gasteiger partial charge in [-0.1, -0.05) is 29.8 Å².